The largest absolute Gasteiger partial charge is 0.417 e. The SMILES string of the molecule is CC1(C)C(=O)N(c2ccc(C#N)c(C(F)(F)F)c2)C(=O)N1Cc1ccc(N)cc1. The van der Waals surface area contributed by atoms with Crippen LogP contribution in [0.3, 0.4) is 0 Å². The number of nitrogens with two attached hydrogens (primary N) is 1. The molecule has 0 atom stereocenters. The van der Waals surface area contributed by atoms with Crippen LogP contribution in [0.25, 0.3) is 0 Å². The number of amides is 3. The molecular formula is C20H17F3N4O2. The molecule has 0 unspecified atom stereocenters. The van der Waals surface area contributed by atoms with Crippen molar-refractivity contribution in [2.24, 2.45) is 0 Å². The van der Waals surface area contributed by atoms with Gasteiger partial charge in [-0.05, 0) is 49.7 Å². The number of nitrogens with zero attached hydrogens (tertiary/aromatic N) is 3. The van der Waals surface area contributed by atoms with Gasteiger partial charge in [0.1, 0.15) is 5.54 Å². The van der Waals surface area contributed by atoms with Crippen LogP contribution in [-0.2, 0) is 17.5 Å². The second-order valence-corrected chi connectivity index (χ2v) is 7.15. The molecule has 0 saturated carbocycles. The van der Waals surface area contributed by atoms with Crippen LogP contribution in [0.2, 0.25) is 0 Å². The van der Waals surface area contributed by atoms with Gasteiger partial charge >= 0.3 is 12.2 Å². The zero-order valence-electron chi connectivity index (χ0n) is 15.6. The summed E-state index contributed by atoms with van der Waals surface area (Å²) in [6.07, 6.45) is -4.80. The first kappa shape index (κ1) is 20.2. The maximum absolute atomic E-state index is 13.3. The van der Waals surface area contributed by atoms with Crippen molar-refractivity contribution < 1.29 is 22.8 Å². The number of benzene rings is 2. The Balaban J connectivity index is 2.01. The molecule has 3 amide bonds. The smallest absolute Gasteiger partial charge is 0.399 e. The van der Waals surface area contributed by atoms with E-state index in [1.54, 1.807) is 24.3 Å². The minimum Gasteiger partial charge on any atom is -0.399 e. The number of rotatable bonds is 3. The first-order valence-corrected chi connectivity index (χ1v) is 8.58. The molecule has 2 N–H and O–H groups in total. The van der Waals surface area contributed by atoms with Crippen LogP contribution in [0, 0.1) is 11.3 Å². The Hall–Kier alpha value is -3.54. The van der Waals surface area contributed by atoms with Crippen LogP contribution < -0.4 is 10.6 Å². The van der Waals surface area contributed by atoms with Crippen molar-refractivity contribution in [2.45, 2.75) is 32.1 Å². The topological polar surface area (TPSA) is 90.4 Å². The summed E-state index contributed by atoms with van der Waals surface area (Å²) < 4.78 is 39.9. The number of hydrogen-bond acceptors (Lipinski definition) is 4. The fraction of sp³-hybridized carbons (Fsp3) is 0.250. The number of carbonyl (C=O) groups is 2. The molecule has 6 nitrogen and oxygen atoms in total. The molecule has 0 aliphatic carbocycles. The normalized spacial score (nSPS) is 16.3. The summed E-state index contributed by atoms with van der Waals surface area (Å²) in [4.78, 5) is 27.9. The van der Waals surface area contributed by atoms with Gasteiger partial charge in [0.2, 0.25) is 0 Å². The third kappa shape index (κ3) is 3.49. The van der Waals surface area contributed by atoms with E-state index in [9.17, 15) is 22.8 Å². The summed E-state index contributed by atoms with van der Waals surface area (Å²) in [6.45, 7) is 3.13. The Morgan fingerprint density at radius 3 is 2.28 bits per heavy atom. The van der Waals surface area contributed by atoms with Gasteiger partial charge in [-0.1, -0.05) is 12.1 Å². The molecule has 150 valence electrons. The summed E-state index contributed by atoms with van der Waals surface area (Å²) in [5.74, 6) is -0.657. The van der Waals surface area contributed by atoms with Gasteiger partial charge in [0.15, 0.2) is 0 Å². The number of hydrogen-bond donors (Lipinski definition) is 1. The monoisotopic (exact) mass is 402 g/mol. The van der Waals surface area contributed by atoms with E-state index < -0.39 is 34.8 Å². The Morgan fingerprint density at radius 1 is 1.10 bits per heavy atom. The fourth-order valence-electron chi connectivity index (χ4n) is 3.14. The van der Waals surface area contributed by atoms with Crippen LogP contribution in [-0.4, -0.2) is 22.4 Å². The van der Waals surface area contributed by atoms with E-state index in [1.807, 2.05) is 0 Å². The van der Waals surface area contributed by atoms with Gasteiger partial charge in [-0.25, -0.2) is 9.69 Å². The minimum atomic E-state index is -4.80. The predicted octanol–water partition coefficient (Wildman–Crippen LogP) is 3.91. The zero-order valence-corrected chi connectivity index (χ0v) is 15.6. The Morgan fingerprint density at radius 2 is 1.72 bits per heavy atom. The lowest BCUT2D eigenvalue weighted by molar-refractivity contribution is -0.137. The van der Waals surface area contributed by atoms with E-state index in [4.69, 9.17) is 11.0 Å². The molecule has 2 aromatic carbocycles. The lowest BCUT2D eigenvalue weighted by Crippen LogP contribution is -2.43. The molecule has 1 aliphatic rings. The second kappa shape index (κ2) is 6.81. The second-order valence-electron chi connectivity index (χ2n) is 7.15. The molecule has 0 spiro atoms. The molecule has 0 bridgehead atoms. The van der Waals surface area contributed by atoms with Gasteiger partial charge in [-0.2, -0.15) is 18.4 Å². The van der Waals surface area contributed by atoms with E-state index in [-0.39, 0.29) is 12.2 Å². The number of imide groups is 1. The highest BCUT2D eigenvalue weighted by atomic mass is 19.4. The highest BCUT2D eigenvalue weighted by Crippen LogP contribution is 2.38. The Bertz CT molecular complexity index is 1020. The molecule has 9 heteroatoms. The van der Waals surface area contributed by atoms with Crippen molar-refractivity contribution in [2.75, 3.05) is 10.6 Å². The van der Waals surface area contributed by atoms with E-state index in [1.165, 1.54) is 24.8 Å². The van der Waals surface area contributed by atoms with Crippen LogP contribution >= 0.6 is 0 Å². The average Bonchev–Trinajstić information content (AvgIpc) is 2.82. The van der Waals surface area contributed by atoms with E-state index in [2.05, 4.69) is 0 Å². The van der Waals surface area contributed by atoms with E-state index in [0.29, 0.717) is 22.2 Å². The highest BCUT2D eigenvalue weighted by molar-refractivity contribution is 6.23. The maximum Gasteiger partial charge on any atom is 0.417 e. The van der Waals surface area contributed by atoms with Gasteiger partial charge in [0.05, 0.1) is 22.9 Å². The van der Waals surface area contributed by atoms with Crippen molar-refractivity contribution in [1.29, 1.82) is 5.26 Å². The number of urea groups is 1. The molecule has 1 fully saturated rings. The standard InChI is InChI=1S/C20H17F3N4O2/c1-19(2)17(28)27(15-8-5-13(10-24)16(9-15)20(21,22)23)18(29)26(19)11-12-3-6-14(25)7-4-12/h3-9H,11,25H2,1-2H3. The number of alkyl halides is 3. The summed E-state index contributed by atoms with van der Waals surface area (Å²) in [5, 5.41) is 8.94. The molecule has 1 saturated heterocycles. The molecule has 0 aromatic heterocycles. The van der Waals surface area contributed by atoms with Crippen molar-refractivity contribution in [1.82, 2.24) is 4.90 Å². The third-order valence-corrected chi connectivity index (χ3v) is 4.83. The first-order valence-electron chi connectivity index (χ1n) is 8.58. The van der Waals surface area contributed by atoms with Gasteiger partial charge in [-0.3, -0.25) is 4.79 Å². The predicted molar refractivity (Wildman–Crippen MR) is 99.5 cm³/mol. The van der Waals surface area contributed by atoms with E-state index >= 15 is 0 Å². The Kier molecular flexibility index (Phi) is 4.74. The minimum absolute atomic E-state index is 0.0801. The molecule has 29 heavy (non-hydrogen) atoms. The van der Waals surface area contributed by atoms with Crippen LogP contribution in [0.15, 0.2) is 42.5 Å². The molecule has 3 rings (SSSR count). The molecule has 2 aromatic rings. The summed E-state index contributed by atoms with van der Waals surface area (Å²) >= 11 is 0. The van der Waals surface area contributed by atoms with Gasteiger partial charge < -0.3 is 10.6 Å². The van der Waals surface area contributed by atoms with Crippen molar-refractivity contribution >= 4 is 23.3 Å². The number of nitrogen functional groups attached to an aromatic ring is 1. The summed E-state index contributed by atoms with van der Waals surface area (Å²) in [5.41, 5.74) is 3.61. The maximum atomic E-state index is 13.3. The van der Waals surface area contributed by atoms with Gasteiger partial charge in [-0.15, -0.1) is 0 Å². The van der Waals surface area contributed by atoms with Crippen LogP contribution in [0.1, 0.15) is 30.5 Å². The quantitative estimate of drug-likeness (QED) is 0.623. The molecule has 1 aliphatic heterocycles. The van der Waals surface area contributed by atoms with Crippen LogP contribution in [0.4, 0.5) is 29.3 Å². The molecular weight excluding hydrogens is 385 g/mol. The number of carbonyl (C=O) groups excluding carboxylic acids is 2. The van der Waals surface area contributed by atoms with Gasteiger partial charge in [0, 0.05) is 12.2 Å². The first-order chi connectivity index (χ1) is 13.5. The molecule has 0 radical (unpaired) electrons. The highest BCUT2D eigenvalue weighted by Gasteiger charge is 2.52. The zero-order chi connectivity index (χ0) is 21.6. The number of halogens is 3. The third-order valence-electron chi connectivity index (χ3n) is 4.83. The lowest BCUT2D eigenvalue weighted by atomic mass is 10.0. The fourth-order valence-corrected chi connectivity index (χ4v) is 3.14. The van der Waals surface area contributed by atoms with E-state index in [0.717, 1.165) is 12.1 Å². The van der Waals surface area contributed by atoms with Gasteiger partial charge in [0.25, 0.3) is 5.91 Å². The Labute approximate surface area is 164 Å². The summed E-state index contributed by atoms with van der Waals surface area (Å²) in [7, 11) is 0. The average molecular weight is 402 g/mol. The van der Waals surface area contributed by atoms with Crippen molar-refractivity contribution in [3.05, 3.63) is 59.2 Å². The van der Waals surface area contributed by atoms with Crippen molar-refractivity contribution in [3.8, 4) is 6.07 Å². The lowest BCUT2D eigenvalue weighted by Gasteiger charge is -2.27. The van der Waals surface area contributed by atoms with Crippen molar-refractivity contribution in [3.63, 3.8) is 0 Å². The van der Waals surface area contributed by atoms with Crippen LogP contribution in [0.5, 0.6) is 0 Å². The summed E-state index contributed by atoms with van der Waals surface area (Å²) in [6, 6.07) is 10.2. The number of nitriles is 1. The number of anilines is 2. The molecule has 1 heterocycles.